The molecule has 1 fully saturated rings. The van der Waals surface area contributed by atoms with Crippen molar-refractivity contribution >= 4 is 16.5 Å². The lowest BCUT2D eigenvalue weighted by Crippen LogP contribution is -2.16. The highest BCUT2D eigenvalue weighted by atomic mass is 32.1. The maximum Gasteiger partial charge on any atom is 0.182 e. The zero-order valence-electron chi connectivity index (χ0n) is 8.41. The zero-order valence-corrected chi connectivity index (χ0v) is 9.23. The first-order valence-electron chi connectivity index (χ1n) is 4.73. The second-order valence-electron chi connectivity index (χ2n) is 3.38. The van der Waals surface area contributed by atoms with Gasteiger partial charge in [0.15, 0.2) is 5.13 Å². The van der Waals surface area contributed by atoms with Gasteiger partial charge in [-0.15, -0.1) is 11.3 Å². The van der Waals surface area contributed by atoms with Crippen LogP contribution in [0.25, 0.3) is 0 Å². The van der Waals surface area contributed by atoms with Gasteiger partial charge < -0.3 is 15.4 Å². The maximum absolute atomic E-state index is 5.29. The molecule has 1 aliphatic heterocycles. The van der Waals surface area contributed by atoms with Gasteiger partial charge >= 0.3 is 0 Å². The van der Waals surface area contributed by atoms with Crippen molar-refractivity contribution in [3.05, 3.63) is 11.1 Å². The van der Waals surface area contributed by atoms with E-state index in [0.717, 1.165) is 23.8 Å². The molecule has 14 heavy (non-hydrogen) atoms. The highest BCUT2D eigenvalue weighted by Gasteiger charge is 2.26. The van der Waals surface area contributed by atoms with Crippen molar-refractivity contribution in [1.29, 1.82) is 0 Å². The Labute approximate surface area is 87.7 Å². The molecule has 1 saturated heterocycles. The summed E-state index contributed by atoms with van der Waals surface area (Å²) in [6, 6.07) is 0.360. The van der Waals surface area contributed by atoms with Crippen LogP contribution in [-0.2, 0) is 4.74 Å². The fourth-order valence-corrected chi connectivity index (χ4v) is 2.39. The average Bonchev–Trinajstić information content (AvgIpc) is 2.86. The molecular weight excluding hydrogens is 198 g/mol. The highest BCUT2D eigenvalue weighted by Crippen LogP contribution is 2.27. The van der Waals surface area contributed by atoms with Crippen LogP contribution in [0.1, 0.15) is 18.2 Å². The molecule has 2 heterocycles. The minimum Gasteiger partial charge on any atom is -0.380 e. The third-order valence-electron chi connectivity index (χ3n) is 2.52. The summed E-state index contributed by atoms with van der Waals surface area (Å²) >= 11 is 1.64. The average molecular weight is 213 g/mol. The third kappa shape index (κ3) is 1.89. The van der Waals surface area contributed by atoms with Crippen molar-refractivity contribution in [3.8, 4) is 0 Å². The summed E-state index contributed by atoms with van der Waals surface area (Å²) in [4.78, 5) is 4.47. The molecule has 0 radical (unpaired) electrons. The number of methoxy groups -OCH3 is 1. The van der Waals surface area contributed by atoms with Gasteiger partial charge in [0.25, 0.3) is 0 Å². The van der Waals surface area contributed by atoms with Crippen LogP contribution in [0.15, 0.2) is 5.38 Å². The predicted molar refractivity (Wildman–Crippen MR) is 57.8 cm³/mol. The second-order valence-corrected chi connectivity index (χ2v) is 4.24. The number of hydrogen-bond donors (Lipinski definition) is 2. The van der Waals surface area contributed by atoms with Crippen molar-refractivity contribution in [2.45, 2.75) is 18.6 Å². The van der Waals surface area contributed by atoms with E-state index in [2.05, 4.69) is 21.0 Å². The standard InChI is InChI=1S/C9H15N3OS/c1-10-9-12-8(5-14-9)7-3-6(13-2)4-11-7/h5-7,11H,3-4H2,1-2H3,(H,10,12). The molecule has 0 bridgehead atoms. The van der Waals surface area contributed by atoms with Crippen molar-refractivity contribution in [3.63, 3.8) is 0 Å². The number of hydrogen-bond acceptors (Lipinski definition) is 5. The van der Waals surface area contributed by atoms with Crippen molar-refractivity contribution in [2.75, 3.05) is 26.0 Å². The van der Waals surface area contributed by atoms with Crippen molar-refractivity contribution < 1.29 is 4.74 Å². The van der Waals surface area contributed by atoms with Crippen LogP contribution < -0.4 is 10.6 Å². The molecule has 2 unspecified atom stereocenters. The van der Waals surface area contributed by atoms with Gasteiger partial charge in [-0.25, -0.2) is 4.98 Å². The van der Waals surface area contributed by atoms with E-state index < -0.39 is 0 Å². The molecule has 78 valence electrons. The summed E-state index contributed by atoms with van der Waals surface area (Å²) in [6.07, 6.45) is 1.35. The van der Waals surface area contributed by atoms with Crippen LogP contribution in [0.2, 0.25) is 0 Å². The molecule has 4 nitrogen and oxygen atoms in total. The van der Waals surface area contributed by atoms with Gasteiger partial charge in [0.05, 0.1) is 17.8 Å². The Bertz CT molecular complexity index is 302. The van der Waals surface area contributed by atoms with Gasteiger partial charge in [0.1, 0.15) is 0 Å². The molecule has 5 heteroatoms. The van der Waals surface area contributed by atoms with E-state index >= 15 is 0 Å². The van der Waals surface area contributed by atoms with Gasteiger partial charge in [-0.05, 0) is 6.42 Å². The fourth-order valence-electron chi connectivity index (χ4n) is 1.67. The number of thiazole rings is 1. The van der Waals surface area contributed by atoms with E-state index in [1.54, 1.807) is 18.4 Å². The minimum atomic E-state index is 0.333. The van der Waals surface area contributed by atoms with E-state index in [9.17, 15) is 0 Å². The first-order valence-corrected chi connectivity index (χ1v) is 5.60. The lowest BCUT2D eigenvalue weighted by molar-refractivity contribution is 0.117. The van der Waals surface area contributed by atoms with Crippen LogP contribution in [0.3, 0.4) is 0 Å². The number of nitrogens with one attached hydrogen (secondary N) is 2. The predicted octanol–water partition coefficient (Wildman–Crippen LogP) is 1.23. The van der Waals surface area contributed by atoms with E-state index in [4.69, 9.17) is 4.74 Å². The van der Waals surface area contributed by atoms with Crippen LogP contribution in [-0.4, -0.2) is 31.8 Å². The van der Waals surface area contributed by atoms with Crippen LogP contribution in [0.4, 0.5) is 5.13 Å². The summed E-state index contributed by atoms with van der Waals surface area (Å²) in [7, 11) is 3.65. The second kappa shape index (κ2) is 4.25. The molecule has 2 rings (SSSR count). The first-order chi connectivity index (χ1) is 6.83. The molecule has 0 aliphatic carbocycles. The van der Waals surface area contributed by atoms with Crippen molar-refractivity contribution in [1.82, 2.24) is 10.3 Å². The van der Waals surface area contributed by atoms with Crippen LogP contribution in [0.5, 0.6) is 0 Å². The summed E-state index contributed by atoms with van der Waals surface area (Å²) < 4.78 is 5.29. The van der Waals surface area contributed by atoms with E-state index in [1.165, 1.54) is 0 Å². The van der Waals surface area contributed by atoms with Gasteiger partial charge in [-0.2, -0.15) is 0 Å². The number of nitrogens with zero attached hydrogens (tertiary/aromatic N) is 1. The molecular formula is C9H15N3OS. The van der Waals surface area contributed by atoms with Gasteiger partial charge in [0.2, 0.25) is 0 Å². The van der Waals surface area contributed by atoms with E-state index in [1.807, 2.05) is 7.05 Å². The Morgan fingerprint density at radius 3 is 3.14 bits per heavy atom. The van der Waals surface area contributed by atoms with Crippen molar-refractivity contribution in [2.24, 2.45) is 0 Å². The molecule has 0 spiro atoms. The highest BCUT2D eigenvalue weighted by molar-refractivity contribution is 7.13. The summed E-state index contributed by atoms with van der Waals surface area (Å²) in [5, 5.41) is 9.52. The Hall–Kier alpha value is -0.650. The topological polar surface area (TPSA) is 46.2 Å². The molecule has 0 amide bonds. The zero-order chi connectivity index (χ0) is 9.97. The third-order valence-corrected chi connectivity index (χ3v) is 3.39. The molecule has 2 atom stereocenters. The maximum atomic E-state index is 5.29. The normalized spacial score (nSPS) is 26.7. The molecule has 2 N–H and O–H groups in total. The van der Waals surface area contributed by atoms with Crippen LogP contribution >= 0.6 is 11.3 Å². The summed E-state index contributed by atoms with van der Waals surface area (Å²) in [6.45, 7) is 0.924. The molecule has 1 aromatic heterocycles. The summed E-state index contributed by atoms with van der Waals surface area (Å²) in [5.74, 6) is 0. The first kappa shape index (κ1) is 9.89. The lowest BCUT2D eigenvalue weighted by atomic mass is 10.1. The van der Waals surface area contributed by atoms with E-state index in [0.29, 0.717) is 12.1 Å². The smallest absolute Gasteiger partial charge is 0.182 e. The minimum absolute atomic E-state index is 0.333. The molecule has 0 aromatic carbocycles. The van der Waals surface area contributed by atoms with Gasteiger partial charge in [-0.1, -0.05) is 0 Å². The van der Waals surface area contributed by atoms with Gasteiger partial charge in [-0.3, -0.25) is 0 Å². The SMILES string of the molecule is CNc1nc(C2CC(OC)CN2)cs1. The van der Waals surface area contributed by atoms with E-state index in [-0.39, 0.29) is 0 Å². The Balaban J connectivity index is 2.02. The number of rotatable bonds is 3. The van der Waals surface area contributed by atoms with Gasteiger partial charge in [0, 0.05) is 26.1 Å². The number of anilines is 1. The fraction of sp³-hybridized carbons (Fsp3) is 0.667. The Morgan fingerprint density at radius 1 is 1.71 bits per heavy atom. The molecule has 1 aliphatic rings. The Kier molecular flexibility index (Phi) is 3.00. The lowest BCUT2D eigenvalue weighted by Gasteiger charge is -2.06. The van der Waals surface area contributed by atoms with Crippen LogP contribution in [0, 0.1) is 0 Å². The molecule has 1 aromatic rings. The number of aromatic nitrogens is 1. The molecule has 0 saturated carbocycles. The summed E-state index contributed by atoms with van der Waals surface area (Å²) in [5.41, 5.74) is 1.12. The largest absolute Gasteiger partial charge is 0.380 e. The Morgan fingerprint density at radius 2 is 2.57 bits per heavy atom. The number of ether oxygens (including phenoxy) is 1. The monoisotopic (exact) mass is 213 g/mol. The quantitative estimate of drug-likeness (QED) is 0.793.